The summed E-state index contributed by atoms with van der Waals surface area (Å²) in [6.45, 7) is 1.72. The second kappa shape index (κ2) is 8.64. The zero-order valence-electron chi connectivity index (χ0n) is 18.4. The summed E-state index contributed by atoms with van der Waals surface area (Å²) in [7, 11) is -3.83. The predicted octanol–water partition coefficient (Wildman–Crippen LogP) is 2.52. The van der Waals surface area contributed by atoms with Crippen LogP contribution >= 0.6 is 0 Å². The first-order chi connectivity index (χ1) is 16.3. The van der Waals surface area contributed by atoms with Crippen LogP contribution in [0.15, 0.2) is 65.8 Å². The molecule has 6 N–H and O–H groups in total. The minimum absolute atomic E-state index is 0.0180. The van der Waals surface area contributed by atoms with Crippen LogP contribution < -0.4 is 21.5 Å². The number of rotatable bonds is 4. The van der Waals surface area contributed by atoms with Gasteiger partial charge >= 0.3 is 0 Å². The summed E-state index contributed by atoms with van der Waals surface area (Å²) in [5.74, 6) is 0. The molecular formula is C24H25N7O2S. The first kappa shape index (κ1) is 22.2. The van der Waals surface area contributed by atoms with Gasteiger partial charge in [0.05, 0.1) is 33.7 Å². The number of piperidine rings is 1. The molecule has 0 unspecified atom stereocenters. The topological polar surface area (TPSA) is 154 Å². The van der Waals surface area contributed by atoms with Crippen molar-refractivity contribution < 1.29 is 8.42 Å². The monoisotopic (exact) mass is 475 g/mol. The smallest absolute Gasteiger partial charge is 0.238 e. The molecule has 0 saturated carbocycles. The zero-order valence-corrected chi connectivity index (χ0v) is 19.2. The van der Waals surface area contributed by atoms with E-state index in [9.17, 15) is 8.42 Å². The number of aromatic nitrogens is 3. The van der Waals surface area contributed by atoms with E-state index >= 15 is 0 Å². The lowest BCUT2D eigenvalue weighted by molar-refractivity contribution is 0.507. The van der Waals surface area contributed by atoms with Crippen LogP contribution in [-0.4, -0.2) is 42.5 Å². The lowest BCUT2D eigenvalue weighted by Gasteiger charge is -2.33. The Morgan fingerprint density at radius 1 is 1.03 bits per heavy atom. The third kappa shape index (κ3) is 4.30. The van der Waals surface area contributed by atoms with E-state index in [4.69, 9.17) is 21.6 Å². The van der Waals surface area contributed by atoms with Gasteiger partial charge in [0, 0.05) is 42.0 Å². The number of anilines is 2. The molecule has 174 valence electrons. The number of pyridine rings is 3. The molecule has 0 spiro atoms. The molecule has 0 aliphatic carbocycles. The van der Waals surface area contributed by atoms with E-state index in [-0.39, 0.29) is 10.9 Å². The quantitative estimate of drug-likeness (QED) is 0.407. The minimum atomic E-state index is -3.83. The fraction of sp³-hybridized carbons (Fsp3) is 0.208. The second-order valence-electron chi connectivity index (χ2n) is 8.47. The molecule has 0 bridgehead atoms. The van der Waals surface area contributed by atoms with Gasteiger partial charge < -0.3 is 16.4 Å². The molecule has 9 nitrogen and oxygen atoms in total. The van der Waals surface area contributed by atoms with Crippen molar-refractivity contribution >= 4 is 32.3 Å². The van der Waals surface area contributed by atoms with Gasteiger partial charge in [0.1, 0.15) is 5.69 Å². The number of nitrogen functional groups attached to an aromatic ring is 1. The van der Waals surface area contributed by atoms with Crippen molar-refractivity contribution in [1.29, 1.82) is 0 Å². The van der Waals surface area contributed by atoms with E-state index in [0.717, 1.165) is 42.5 Å². The molecule has 1 atom stereocenters. The molecule has 10 heteroatoms. The molecule has 5 rings (SSSR count). The number of hydrogen-bond donors (Lipinski definition) is 3. The summed E-state index contributed by atoms with van der Waals surface area (Å²) in [6, 6.07) is 13.9. The van der Waals surface area contributed by atoms with Crippen LogP contribution in [0.5, 0.6) is 0 Å². The van der Waals surface area contributed by atoms with Gasteiger partial charge in [-0.2, -0.15) is 0 Å². The number of sulfonamides is 1. The Morgan fingerprint density at radius 2 is 1.88 bits per heavy atom. The van der Waals surface area contributed by atoms with Crippen LogP contribution in [0.1, 0.15) is 12.8 Å². The SMILES string of the molecule is Nc1ccc(-c2cccc(S(N)(=O)=O)c2)nc1-c1cc2c(N3CCC[C@H](N)C3)ccnc2cn1. The van der Waals surface area contributed by atoms with E-state index in [2.05, 4.69) is 14.9 Å². The van der Waals surface area contributed by atoms with Gasteiger partial charge in [0.2, 0.25) is 10.0 Å². The Bertz CT molecular complexity index is 1490. The molecule has 1 fully saturated rings. The van der Waals surface area contributed by atoms with E-state index < -0.39 is 10.0 Å². The van der Waals surface area contributed by atoms with Crippen molar-refractivity contribution in [2.75, 3.05) is 23.7 Å². The molecule has 4 aromatic rings. The first-order valence-electron chi connectivity index (χ1n) is 10.9. The highest BCUT2D eigenvalue weighted by Crippen LogP contribution is 2.32. The lowest BCUT2D eigenvalue weighted by atomic mass is 10.0. The van der Waals surface area contributed by atoms with Gasteiger partial charge in [-0.25, -0.2) is 18.5 Å². The molecule has 0 amide bonds. The van der Waals surface area contributed by atoms with Crippen LogP contribution in [0.2, 0.25) is 0 Å². The van der Waals surface area contributed by atoms with Crippen LogP contribution in [0.25, 0.3) is 33.5 Å². The van der Waals surface area contributed by atoms with Crippen molar-refractivity contribution in [2.45, 2.75) is 23.8 Å². The largest absolute Gasteiger partial charge is 0.397 e. The number of fused-ring (bicyclic) bond motifs is 1. The Labute approximate surface area is 197 Å². The van der Waals surface area contributed by atoms with E-state index in [1.54, 1.807) is 36.7 Å². The van der Waals surface area contributed by atoms with Crippen molar-refractivity contribution in [2.24, 2.45) is 10.9 Å². The average Bonchev–Trinajstić information content (AvgIpc) is 2.83. The van der Waals surface area contributed by atoms with E-state index in [1.807, 2.05) is 12.1 Å². The van der Waals surface area contributed by atoms with Gasteiger partial charge in [-0.3, -0.25) is 9.97 Å². The Balaban J connectivity index is 1.60. The summed E-state index contributed by atoms with van der Waals surface area (Å²) in [4.78, 5) is 16.1. The number of nitrogens with two attached hydrogens (primary N) is 3. The summed E-state index contributed by atoms with van der Waals surface area (Å²) >= 11 is 0. The maximum absolute atomic E-state index is 11.8. The van der Waals surface area contributed by atoms with Crippen molar-refractivity contribution in [1.82, 2.24) is 15.0 Å². The number of primary sulfonamides is 1. The summed E-state index contributed by atoms with van der Waals surface area (Å²) in [5, 5.41) is 6.24. The molecule has 1 aromatic carbocycles. The van der Waals surface area contributed by atoms with Crippen LogP contribution in [0.3, 0.4) is 0 Å². The Kier molecular flexibility index (Phi) is 5.64. The summed E-state index contributed by atoms with van der Waals surface area (Å²) in [5.41, 5.74) is 17.1. The fourth-order valence-electron chi connectivity index (χ4n) is 4.34. The van der Waals surface area contributed by atoms with Crippen LogP contribution in [0, 0.1) is 0 Å². The van der Waals surface area contributed by atoms with Crippen molar-refractivity contribution in [3.05, 3.63) is 60.9 Å². The van der Waals surface area contributed by atoms with E-state index in [1.165, 1.54) is 12.1 Å². The van der Waals surface area contributed by atoms with Gasteiger partial charge in [-0.15, -0.1) is 0 Å². The third-order valence-electron chi connectivity index (χ3n) is 6.03. The Hall–Kier alpha value is -3.60. The Morgan fingerprint density at radius 3 is 2.68 bits per heavy atom. The lowest BCUT2D eigenvalue weighted by Crippen LogP contribution is -2.42. The number of benzene rings is 1. The molecule has 0 radical (unpaired) electrons. The third-order valence-corrected chi connectivity index (χ3v) is 6.94. The maximum atomic E-state index is 11.8. The van der Waals surface area contributed by atoms with E-state index in [0.29, 0.717) is 28.3 Å². The maximum Gasteiger partial charge on any atom is 0.238 e. The summed E-state index contributed by atoms with van der Waals surface area (Å²) in [6.07, 6.45) is 5.56. The minimum Gasteiger partial charge on any atom is -0.397 e. The molecule has 4 heterocycles. The van der Waals surface area contributed by atoms with Gasteiger partial charge in [-0.1, -0.05) is 12.1 Å². The van der Waals surface area contributed by atoms with Crippen LogP contribution in [-0.2, 0) is 10.0 Å². The molecule has 3 aromatic heterocycles. The van der Waals surface area contributed by atoms with Gasteiger partial charge in [0.25, 0.3) is 0 Å². The molecule has 1 saturated heterocycles. The highest BCUT2D eigenvalue weighted by Gasteiger charge is 2.20. The van der Waals surface area contributed by atoms with Gasteiger partial charge in [0.15, 0.2) is 0 Å². The average molecular weight is 476 g/mol. The van der Waals surface area contributed by atoms with Crippen molar-refractivity contribution in [3.63, 3.8) is 0 Å². The standard InChI is InChI=1S/C24H25N7O2S/c25-16-4-2-10-31(14-16)23-8-9-28-22-13-29-21(12-18(22)23)24-19(26)6-7-20(30-24)15-3-1-5-17(11-15)34(27,32)33/h1,3,5-9,11-13,16H,2,4,10,14,25-26H2,(H2,27,32,33)/t16-/m0/s1. The fourth-order valence-corrected chi connectivity index (χ4v) is 4.90. The number of nitrogens with zero attached hydrogens (tertiary/aromatic N) is 4. The van der Waals surface area contributed by atoms with Gasteiger partial charge in [-0.05, 0) is 49.2 Å². The first-order valence-corrected chi connectivity index (χ1v) is 12.5. The normalized spacial score (nSPS) is 16.6. The molecule has 1 aliphatic rings. The zero-order chi connectivity index (χ0) is 23.9. The summed E-state index contributed by atoms with van der Waals surface area (Å²) < 4.78 is 23.6. The molecular weight excluding hydrogens is 450 g/mol. The second-order valence-corrected chi connectivity index (χ2v) is 10.0. The number of hydrogen-bond acceptors (Lipinski definition) is 8. The molecule has 1 aliphatic heterocycles. The van der Waals surface area contributed by atoms with Crippen LogP contribution in [0.4, 0.5) is 11.4 Å². The predicted molar refractivity (Wildman–Crippen MR) is 133 cm³/mol. The highest BCUT2D eigenvalue weighted by molar-refractivity contribution is 7.89. The highest BCUT2D eigenvalue weighted by atomic mass is 32.2. The van der Waals surface area contributed by atoms with Crippen molar-refractivity contribution in [3.8, 4) is 22.6 Å². The molecule has 34 heavy (non-hydrogen) atoms.